The van der Waals surface area contributed by atoms with Gasteiger partial charge in [0.2, 0.25) is 0 Å². The molecule has 0 aliphatic carbocycles. The smallest absolute Gasteiger partial charge is 0.0348 e. The third-order valence-electron chi connectivity index (χ3n) is 6.16. The Morgan fingerprint density at radius 2 is 0.889 bits per heavy atom. The summed E-state index contributed by atoms with van der Waals surface area (Å²) in [7, 11) is 0. The summed E-state index contributed by atoms with van der Waals surface area (Å²) in [4.78, 5) is 0. The number of rotatable bonds is 21. The normalized spacial score (nSPS) is 14.1. The molecular weight excluding hydrogens is 324 g/mol. The molecule has 2 unspecified atom stereocenters. The first-order chi connectivity index (χ1) is 13.2. The van der Waals surface area contributed by atoms with Crippen molar-refractivity contribution in [2.45, 2.75) is 150 Å². The Labute approximate surface area is 174 Å². The molecule has 0 spiro atoms. The zero-order chi connectivity index (χ0) is 20.0. The fourth-order valence-corrected chi connectivity index (χ4v) is 4.04. The van der Waals surface area contributed by atoms with Gasteiger partial charge in [-0.05, 0) is 37.5 Å². The molecule has 162 valence electrons. The van der Waals surface area contributed by atoms with E-state index in [0.29, 0.717) is 0 Å². The fraction of sp³-hybridized carbons (Fsp3) is 0.926. The minimum absolute atomic E-state index is 0.907. The van der Waals surface area contributed by atoms with E-state index < -0.39 is 0 Å². The van der Waals surface area contributed by atoms with E-state index in [4.69, 9.17) is 0 Å². The third-order valence-corrected chi connectivity index (χ3v) is 6.16. The molecule has 0 aromatic carbocycles. The number of allylic oxidation sites excluding steroid dienone is 2. The lowest BCUT2D eigenvalue weighted by Gasteiger charge is -2.14. The molecule has 0 aliphatic heterocycles. The van der Waals surface area contributed by atoms with Crippen LogP contribution in [-0.2, 0) is 0 Å². The van der Waals surface area contributed by atoms with E-state index in [1.54, 1.807) is 0 Å². The van der Waals surface area contributed by atoms with Gasteiger partial charge < -0.3 is 0 Å². The summed E-state index contributed by atoms with van der Waals surface area (Å²) < 4.78 is 0. The molecular formula is C27H54. The molecule has 2 atom stereocenters. The monoisotopic (exact) mass is 378 g/mol. The quantitative estimate of drug-likeness (QED) is 0.138. The van der Waals surface area contributed by atoms with Crippen LogP contribution < -0.4 is 0 Å². The highest BCUT2D eigenvalue weighted by Gasteiger charge is 2.05. The molecule has 0 saturated heterocycles. The largest absolute Gasteiger partial charge is 0.0885 e. The first-order valence-corrected chi connectivity index (χ1v) is 12.9. The Hall–Kier alpha value is -0.260. The molecule has 0 saturated carbocycles. The van der Waals surface area contributed by atoms with Crippen LogP contribution in [0, 0.1) is 11.8 Å². The van der Waals surface area contributed by atoms with Crippen LogP contribution in [0.15, 0.2) is 12.2 Å². The SMILES string of the molecule is CCCCCCCCC=CCCC(C)CCCC(C)CCCCCCCC. The molecule has 0 radical (unpaired) electrons. The van der Waals surface area contributed by atoms with Gasteiger partial charge in [-0.1, -0.05) is 136 Å². The fourth-order valence-electron chi connectivity index (χ4n) is 4.04. The molecule has 0 aromatic heterocycles. The van der Waals surface area contributed by atoms with Crippen LogP contribution in [0.1, 0.15) is 150 Å². The van der Waals surface area contributed by atoms with E-state index in [1.807, 2.05) is 0 Å². The van der Waals surface area contributed by atoms with Gasteiger partial charge in [-0.15, -0.1) is 0 Å². The molecule has 0 aliphatic rings. The summed E-state index contributed by atoms with van der Waals surface area (Å²) in [6.07, 6.45) is 31.8. The van der Waals surface area contributed by atoms with Gasteiger partial charge in [0.05, 0.1) is 0 Å². The second-order valence-electron chi connectivity index (χ2n) is 9.30. The van der Waals surface area contributed by atoms with E-state index in [0.717, 1.165) is 11.8 Å². The highest BCUT2D eigenvalue weighted by atomic mass is 14.1. The van der Waals surface area contributed by atoms with E-state index in [9.17, 15) is 0 Å². The van der Waals surface area contributed by atoms with Crippen molar-refractivity contribution in [3.63, 3.8) is 0 Å². The summed E-state index contributed by atoms with van der Waals surface area (Å²) in [5, 5.41) is 0. The van der Waals surface area contributed by atoms with Crippen LogP contribution in [0.4, 0.5) is 0 Å². The first-order valence-electron chi connectivity index (χ1n) is 12.9. The van der Waals surface area contributed by atoms with E-state index in [1.165, 1.54) is 122 Å². The average Bonchev–Trinajstić information content (AvgIpc) is 2.66. The zero-order valence-electron chi connectivity index (χ0n) is 19.7. The molecule has 0 fully saturated rings. The molecule has 0 amide bonds. The van der Waals surface area contributed by atoms with E-state index >= 15 is 0 Å². The molecule has 0 aromatic rings. The summed E-state index contributed by atoms with van der Waals surface area (Å²) >= 11 is 0. The first kappa shape index (κ1) is 26.7. The standard InChI is InChI=1S/C27H54/c1-5-7-9-11-13-14-15-16-18-20-23-27(4)25-21-24-26(3)22-19-17-12-10-8-6-2/h16,18,26-27H,5-15,17,19-25H2,1-4H3. The van der Waals surface area contributed by atoms with Gasteiger partial charge in [0, 0.05) is 0 Å². The summed E-state index contributed by atoms with van der Waals surface area (Å²) in [6, 6.07) is 0. The van der Waals surface area contributed by atoms with Crippen molar-refractivity contribution in [2.24, 2.45) is 11.8 Å². The van der Waals surface area contributed by atoms with Crippen LogP contribution in [0.3, 0.4) is 0 Å². The van der Waals surface area contributed by atoms with Crippen molar-refractivity contribution < 1.29 is 0 Å². The van der Waals surface area contributed by atoms with Gasteiger partial charge in [-0.2, -0.15) is 0 Å². The Kier molecular flexibility index (Phi) is 21.8. The predicted molar refractivity (Wildman–Crippen MR) is 127 cm³/mol. The Morgan fingerprint density at radius 1 is 0.444 bits per heavy atom. The number of unbranched alkanes of at least 4 members (excludes halogenated alkanes) is 11. The molecule has 0 N–H and O–H groups in total. The van der Waals surface area contributed by atoms with E-state index in [2.05, 4.69) is 39.8 Å². The second kappa shape index (κ2) is 22.0. The van der Waals surface area contributed by atoms with Crippen molar-refractivity contribution in [2.75, 3.05) is 0 Å². The molecule has 0 heterocycles. The molecule has 0 heteroatoms. The highest BCUT2D eigenvalue weighted by Crippen LogP contribution is 2.21. The highest BCUT2D eigenvalue weighted by molar-refractivity contribution is 4.82. The lowest BCUT2D eigenvalue weighted by atomic mass is 9.92. The van der Waals surface area contributed by atoms with Gasteiger partial charge in [0.25, 0.3) is 0 Å². The maximum absolute atomic E-state index is 2.47. The van der Waals surface area contributed by atoms with Crippen LogP contribution in [-0.4, -0.2) is 0 Å². The number of hydrogen-bond acceptors (Lipinski definition) is 0. The van der Waals surface area contributed by atoms with Gasteiger partial charge in [-0.25, -0.2) is 0 Å². The van der Waals surface area contributed by atoms with Gasteiger partial charge in [0.15, 0.2) is 0 Å². The van der Waals surface area contributed by atoms with Crippen LogP contribution in [0.5, 0.6) is 0 Å². The maximum atomic E-state index is 2.47. The van der Waals surface area contributed by atoms with Gasteiger partial charge in [0.1, 0.15) is 0 Å². The van der Waals surface area contributed by atoms with Crippen molar-refractivity contribution in [3.05, 3.63) is 12.2 Å². The summed E-state index contributed by atoms with van der Waals surface area (Å²) in [5.74, 6) is 1.85. The molecule has 0 rings (SSSR count). The summed E-state index contributed by atoms with van der Waals surface area (Å²) in [5.41, 5.74) is 0. The van der Waals surface area contributed by atoms with Crippen LogP contribution >= 0.6 is 0 Å². The van der Waals surface area contributed by atoms with Gasteiger partial charge in [-0.3, -0.25) is 0 Å². The minimum atomic E-state index is 0.907. The molecule has 27 heavy (non-hydrogen) atoms. The average molecular weight is 379 g/mol. The van der Waals surface area contributed by atoms with Crippen molar-refractivity contribution in [3.8, 4) is 0 Å². The summed E-state index contributed by atoms with van der Waals surface area (Å²) in [6.45, 7) is 9.53. The lowest BCUT2D eigenvalue weighted by Crippen LogP contribution is -1.99. The Bertz CT molecular complexity index is 290. The second-order valence-corrected chi connectivity index (χ2v) is 9.30. The van der Waals surface area contributed by atoms with Crippen LogP contribution in [0.25, 0.3) is 0 Å². The third kappa shape index (κ3) is 21.9. The van der Waals surface area contributed by atoms with Crippen molar-refractivity contribution in [1.82, 2.24) is 0 Å². The number of hydrogen-bond donors (Lipinski definition) is 0. The van der Waals surface area contributed by atoms with Crippen LogP contribution in [0.2, 0.25) is 0 Å². The van der Waals surface area contributed by atoms with Gasteiger partial charge >= 0.3 is 0 Å². The Morgan fingerprint density at radius 3 is 1.52 bits per heavy atom. The molecule has 0 nitrogen and oxygen atoms in total. The van der Waals surface area contributed by atoms with Crippen molar-refractivity contribution >= 4 is 0 Å². The lowest BCUT2D eigenvalue weighted by molar-refractivity contribution is 0.401. The van der Waals surface area contributed by atoms with Crippen molar-refractivity contribution in [1.29, 1.82) is 0 Å². The Balaban J connectivity index is 3.37. The van der Waals surface area contributed by atoms with E-state index in [-0.39, 0.29) is 0 Å². The maximum Gasteiger partial charge on any atom is -0.0348 e. The predicted octanol–water partition coefficient (Wildman–Crippen LogP) is 10.3. The minimum Gasteiger partial charge on any atom is -0.0885 e. The zero-order valence-corrected chi connectivity index (χ0v) is 19.7. The topological polar surface area (TPSA) is 0 Å². The molecule has 0 bridgehead atoms.